The zero-order chi connectivity index (χ0) is 28.3. The van der Waals surface area contributed by atoms with Gasteiger partial charge in [-0.15, -0.1) is 0 Å². The molecule has 1 aromatic carbocycles. The molecule has 39 heavy (non-hydrogen) atoms. The quantitative estimate of drug-likeness (QED) is 0.370. The second kappa shape index (κ2) is 12.1. The highest BCUT2D eigenvalue weighted by Gasteiger charge is 2.47. The number of nitrogens with zero attached hydrogens (tertiary/aromatic N) is 3. The lowest BCUT2D eigenvalue weighted by molar-refractivity contribution is -0.165. The molecule has 1 N–H and O–H groups in total. The molecule has 11 heteroatoms. The van der Waals surface area contributed by atoms with Gasteiger partial charge in [0.1, 0.15) is 12.1 Å². The third kappa shape index (κ3) is 5.73. The van der Waals surface area contributed by atoms with Crippen LogP contribution in [-0.2, 0) is 23.9 Å². The average molecular weight is 541 g/mol. The SMILES string of the molecule is CCC(NC(=O)C(C(C)C)N1CCCCC1)C(=O)OCN1C(=O)CCC(N2C(=O)c3ccccc3C2=O)C1=O. The molecule has 0 saturated carbocycles. The van der Waals surface area contributed by atoms with Crippen LogP contribution in [-0.4, -0.2) is 88.2 Å². The van der Waals surface area contributed by atoms with Crippen LogP contribution in [0.2, 0.25) is 0 Å². The van der Waals surface area contributed by atoms with E-state index in [9.17, 15) is 28.8 Å². The molecule has 3 atom stereocenters. The molecule has 0 radical (unpaired) electrons. The number of hydrogen-bond donors (Lipinski definition) is 1. The Morgan fingerprint density at radius 3 is 2.18 bits per heavy atom. The maximum Gasteiger partial charge on any atom is 0.330 e. The minimum atomic E-state index is -1.17. The molecular weight excluding hydrogens is 504 g/mol. The van der Waals surface area contributed by atoms with E-state index in [1.54, 1.807) is 19.1 Å². The van der Waals surface area contributed by atoms with Crippen LogP contribution in [0.15, 0.2) is 24.3 Å². The first-order valence-corrected chi connectivity index (χ1v) is 13.7. The molecule has 2 fully saturated rings. The number of amides is 5. The van der Waals surface area contributed by atoms with Crippen LogP contribution in [0.25, 0.3) is 0 Å². The molecule has 5 amide bonds. The molecule has 1 aromatic rings. The highest BCUT2D eigenvalue weighted by molar-refractivity contribution is 6.23. The highest BCUT2D eigenvalue weighted by Crippen LogP contribution is 2.29. The molecule has 11 nitrogen and oxygen atoms in total. The largest absolute Gasteiger partial charge is 0.442 e. The summed E-state index contributed by atoms with van der Waals surface area (Å²) in [4.78, 5) is 81.4. The van der Waals surface area contributed by atoms with Crippen LogP contribution >= 0.6 is 0 Å². The molecular formula is C28H36N4O7. The lowest BCUT2D eigenvalue weighted by Crippen LogP contribution is -2.57. The fraction of sp³-hybridized carbons (Fsp3) is 0.571. The molecule has 0 aromatic heterocycles. The van der Waals surface area contributed by atoms with Gasteiger partial charge in [0.05, 0.1) is 17.2 Å². The lowest BCUT2D eigenvalue weighted by Gasteiger charge is -2.36. The van der Waals surface area contributed by atoms with Crippen LogP contribution in [0.5, 0.6) is 0 Å². The number of carbonyl (C=O) groups excluding carboxylic acids is 6. The van der Waals surface area contributed by atoms with Crippen molar-refractivity contribution in [3.05, 3.63) is 35.4 Å². The van der Waals surface area contributed by atoms with Gasteiger partial charge in [-0.1, -0.05) is 39.3 Å². The number of fused-ring (bicyclic) bond motifs is 1. The van der Waals surface area contributed by atoms with Crippen LogP contribution in [0, 0.1) is 5.92 Å². The van der Waals surface area contributed by atoms with Crippen LogP contribution in [0.4, 0.5) is 0 Å². The summed E-state index contributed by atoms with van der Waals surface area (Å²) in [5.41, 5.74) is 0.409. The van der Waals surface area contributed by atoms with Crippen LogP contribution < -0.4 is 5.32 Å². The van der Waals surface area contributed by atoms with Gasteiger partial charge in [0, 0.05) is 6.42 Å². The van der Waals surface area contributed by atoms with Gasteiger partial charge >= 0.3 is 5.97 Å². The number of likely N-dealkylation sites (tertiary alicyclic amines) is 2. The summed E-state index contributed by atoms with van der Waals surface area (Å²) >= 11 is 0. The van der Waals surface area contributed by atoms with Crippen molar-refractivity contribution in [1.82, 2.24) is 20.0 Å². The van der Waals surface area contributed by atoms with Gasteiger partial charge in [-0.25, -0.2) is 9.69 Å². The number of hydrogen-bond acceptors (Lipinski definition) is 8. The van der Waals surface area contributed by atoms with Gasteiger partial charge in [0.2, 0.25) is 11.8 Å². The van der Waals surface area contributed by atoms with Gasteiger partial charge in [-0.2, -0.15) is 0 Å². The first-order chi connectivity index (χ1) is 18.6. The van der Waals surface area contributed by atoms with Crippen LogP contribution in [0.1, 0.15) is 80.0 Å². The van der Waals surface area contributed by atoms with Crippen molar-refractivity contribution in [3.63, 3.8) is 0 Å². The Kier molecular flexibility index (Phi) is 8.79. The summed E-state index contributed by atoms with van der Waals surface area (Å²) in [6, 6.07) is 3.79. The first kappa shape index (κ1) is 28.4. The van der Waals surface area contributed by atoms with Crippen molar-refractivity contribution < 1.29 is 33.5 Å². The number of benzene rings is 1. The minimum Gasteiger partial charge on any atom is -0.442 e. The van der Waals surface area contributed by atoms with Crippen molar-refractivity contribution in [1.29, 1.82) is 0 Å². The number of piperidine rings is 2. The Balaban J connectivity index is 1.39. The lowest BCUT2D eigenvalue weighted by atomic mass is 9.98. The molecule has 2 saturated heterocycles. The van der Waals surface area contributed by atoms with E-state index < -0.39 is 48.4 Å². The summed E-state index contributed by atoms with van der Waals surface area (Å²) in [7, 11) is 0. The second-order valence-corrected chi connectivity index (χ2v) is 10.6. The third-order valence-electron chi connectivity index (χ3n) is 7.65. The van der Waals surface area contributed by atoms with Gasteiger partial charge in [0.25, 0.3) is 17.7 Å². The zero-order valence-electron chi connectivity index (χ0n) is 22.7. The number of imide groups is 2. The minimum absolute atomic E-state index is 0.00564. The molecule has 4 rings (SSSR count). The van der Waals surface area contributed by atoms with Crippen molar-refractivity contribution in [3.8, 4) is 0 Å². The number of esters is 1. The molecule has 3 aliphatic heterocycles. The molecule has 0 spiro atoms. The van der Waals surface area contributed by atoms with Crippen molar-refractivity contribution in [2.75, 3.05) is 19.8 Å². The number of ether oxygens (including phenoxy) is 1. The summed E-state index contributed by atoms with van der Waals surface area (Å²) in [6.45, 7) is 6.65. The standard InChI is InChI=1S/C28H36N4O7/c1-4-20(29-24(34)23(17(2)3)30-14-8-5-9-15-30)28(38)39-16-31-22(33)13-12-21(27(31)37)32-25(35)18-10-6-7-11-19(18)26(32)36/h6-7,10-11,17,20-21,23H,4-5,8-9,12-16H2,1-3H3,(H,29,34). The van der Waals surface area contributed by atoms with E-state index >= 15 is 0 Å². The van der Waals surface area contributed by atoms with E-state index in [1.807, 2.05) is 13.8 Å². The first-order valence-electron chi connectivity index (χ1n) is 13.7. The van der Waals surface area contributed by atoms with E-state index in [2.05, 4.69) is 10.2 Å². The van der Waals surface area contributed by atoms with Crippen molar-refractivity contribution in [2.24, 2.45) is 5.92 Å². The topological polar surface area (TPSA) is 133 Å². The summed E-state index contributed by atoms with van der Waals surface area (Å²) in [6.07, 6.45) is 3.34. The smallest absolute Gasteiger partial charge is 0.330 e. The van der Waals surface area contributed by atoms with Crippen molar-refractivity contribution in [2.45, 2.75) is 77.4 Å². The van der Waals surface area contributed by atoms with Gasteiger partial charge in [-0.05, 0) is 56.8 Å². The summed E-state index contributed by atoms with van der Waals surface area (Å²) < 4.78 is 5.32. The summed E-state index contributed by atoms with van der Waals surface area (Å²) in [5.74, 6) is -3.52. The van der Waals surface area contributed by atoms with E-state index in [1.165, 1.54) is 12.1 Å². The molecule has 0 aliphatic carbocycles. The monoisotopic (exact) mass is 540 g/mol. The van der Waals surface area contributed by atoms with Gasteiger partial charge < -0.3 is 10.1 Å². The molecule has 3 aliphatic rings. The van der Waals surface area contributed by atoms with E-state index in [0.29, 0.717) is 0 Å². The predicted octanol–water partition coefficient (Wildman–Crippen LogP) is 1.71. The predicted molar refractivity (Wildman–Crippen MR) is 139 cm³/mol. The molecule has 3 heterocycles. The zero-order valence-corrected chi connectivity index (χ0v) is 22.7. The summed E-state index contributed by atoms with van der Waals surface area (Å²) in [5, 5.41) is 2.79. The number of carbonyl (C=O) groups is 6. The molecule has 0 bridgehead atoms. The molecule has 210 valence electrons. The average Bonchev–Trinajstić information content (AvgIpc) is 3.17. The Labute approximate surface area is 227 Å². The Morgan fingerprint density at radius 2 is 1.62 bits per heavy atom. The number of nitrogens with one attached hydrogen (secondary N) is 1. The number of rotatable bonds is 9. The van der Waals surface area contributed by atoms with Gasteiger partial charge in [-0.3, -0.25) is 33.8 Å². The molecule has 3 unspecified atom stereocenters. The maximum atomic E-state index is 13.2. The Hall–Kier alpha value is -3.60. The van der Waals surface area contributed by atoms with Gasteiger partial charge in [0.15, 0.2) is 6.73 Å². The third-order valence-corrected chi connectivity index (χ3v) is 7.65. The van der Waals surface area contributed by atoms with E-state index in [-0.39, 0.29) is 48.3 Å². The normalized spacial score (nSPS) is 21.7. The Bertz CT molecular complexity index is 1130. The van der Waals surface area contributed by atoms with E-state index in [0.717, 1.165) is 42.2 Å². The maximum absolute atomic E-state index is 13.2. The Morgan fingerprint density at radius 1 is 1.00 bits per heavy atom. The van der Waals surface area contributed by atoms with Crippen molar-refractivity contribution >= 4 is 35.5 Å². The fourth-order valence-corrected chi connectivity index (χ4v) is 5.59. The second-order valence-electron chi connectivity index (χ2n) is 10.6. The highest BCUT2D eigenvalue weighted by atomic mass is 16.5. The fourth-order valence-electron chi connectivity index (χ4n) is 5.59. The van der Waals surface area contributed by atoms with E-state index in [4.69, 9.17) is 4.74 Å². The van der Waals surface area contributed by atoms with Crippen LogP contribution in [0.3, 0.4) is 0 Å².